The fraction of sp³-hybridized carbons (Fsp3) is 0.261. The standard InChI is InChI=1S/C23H26O3/c1-3-5-7-9-23(24)26-22-16-12-20(13-17-22)19-10-14-21(15-11-19)25-18-8-6-4-2/h3,5,7,9-17H,4,6,8,18H2,1-2H3. The highest BCUT2D eigenvalue weighted by atomic mass is 16.5. The van der Waals surface area contributed by atoms with Gasteiger partial charge in [0.05, 0.1) is 6.61 Å². The van der Waals surface area contributed by atoms with Crippen LogP contribution >= 0.6 is 0 Å². The van der Waals surface area contributed by atoms with Crippen LogP contribution in [0.3, 0.4) is 0 Å². The molecule has 0 unspecified atom stereocenters. The molecule has 3 heteroatoms. The van der Waals surface area contributed by atoms with Gasteiger partial charge in [0.25, 0.3) is 0 Å². The van der Waals surface area contributed by atoms with Crippen LogP contribution in [-0.4, -0.2) is 12.6 Å². The van der Waals surface area contributed by atoms with Gasteiger partial charge in [-0.05, 0) is 48.7 Å². The summed E-state index contributed by atoms with van der Waals surface area (Å²) in [6.45, 7) is 4.83. The van der Waals surface area contributed by atoms with Crippen LogP contribution < -0.4 is 9.47 Å². The molecule has 2 aromatic rings. The maximum Gasteiger partial charge on any atom is 0.336 e. The zero-order chi connectivity index (χ0) is 18.6. The predicted molar refractivity (Wildman–Crippen MR) is 106 cm³/mol. The molecule has 3 nitrogen and oxygen atoms in total. The third-order valence-electron chi connectivity index (χ3n) is 3.81. The average Bonchev–Trinajstić information content (AvgIpc) is 2.67. The van der Waals surface area contributed by atoms with Gasteiger partial charge >= 0.3 is 5.97 Å². The van der Waals surface area contributed by atoms with Crippen molar-refractivity contribution in [2.24, 2.45) is 0 Å². The number of rotatable bonds is 9. The molecule has 136 valence electrons. The lowest BCUT2D eigenvalue weighted by Crippen LogP contribution is -2.03. The van der Waals surface area contributed by atoms with Gasteiger partial charge in [0.15, 0.2) is 0 Å². The first kappa shape index (κ1) is 19.5. The summed E-state index contributed by atoms with van der Waals surface area (Å²) in [5.74, 6) is 1.03. The molecule has 0 atom stereocenters. The Morgan fingerprint density at radius 3 is 2.08 bits per heavy atom. The molecule has 0 N–H and O–H groups in total. The molecule has 0 heterocycles. The molecule has 0 saturated carbocycles. The van der Waals surface area contributed by atoms with E-state index in [0.717, 1.165) is 29.9 Å². The molecule has 2 rings (SSSR count). The molecular weight excluding hydrogens is 324 g/mol. The Balaban J connectivity index is 1.92. The number of ether oxygens (including phenoxy) is 2. The summed E-state index contributed by atoms with van der Waals surface area (Å²) in [6.07, 6.45) is 10.2. The largest absolute Gasteiger partial charge is 0.494 e. The fourth-order valence-electron chi connectivity index (χ4n) is 2.40. The monoisotopic (exact) mass is 350 g/mol. The molecule has 26 heavy (non-hydrogen) atoms. The zero-order valence-corrected chi connectivity index (χ0v) is 15.5. The average molecular weight is 350 g/mol. The van der Waals surface area contributed by atoms with Crippen LogP contribution in [-0.2, 0) is 4.79 Å². The molecule has 0 fully saturated rings. The molecule has 0 aromatic heterocycles. The first-order chi connectivity index (χ1) is 12.7. The number of carbonyl (C=O) groups is 1. The molecule has 0 aliphatic heterocycles. The van der Waals surface area contributed by atoms with Gasteiger partial charge in [-0.25, -0.2) is 4.79 Å². The van der Waals surface area contributed by atoms with Crippen LogP contribution in [0, 0.1) is 0 Å². The van der Waals surface area contributed by atoms with Gasteiger partial charge in [-0.15, -0.1) is 0 Å². The van der Waals surface area contributed by atoms with Gasteiger partial charge in [-0.1, -0.05) is 62.3 Å². The molecule has 0 spiro atoms. The van der Waals surface area contributed by atoms with Gasteiger partial charge in [-0.2, -0.15) is 0 Å². The lowest BCUT2D eigenvalue weighted by atomic mass is 10.1. The maximum absolute atomic E-state index is 11.7. The molecule has 0 radical (unpaired) electrons. The van der Waals surface area contributed by atoms with E-state index in [1.807, 2.05) is 49.4 Å². The molecule has 0 amide bonds. The summed E-state index contributed by atoms with van der Waals surface area (Å²) >= 11 is 0. The van der Waals surface area contributed by atoms with E-state index >= 15 is 0 Å². The number of hydrogen-bond acceptors (Lipinski definition) is 3. The van der Waals surface area contributed by atoms with Crippen molar-refractivity contribution in [1.82, 2.24) is 0 Å². The fourth-order valence-corrected chi connectivity index (χ4v) is 2.40. The van der Waals surface area contributed by atoms with E-state index in [4.69, 9.17) is 9.47 Å². The van der Waals surface area contributed by atoms with E-state index in [-0.39, 0.29) is 5.97 Å². The van der Waals surface area contributed by atoms with Crippen molar-refractivity contribution in [3.8, 4) is 22.6 Å². The Hall–Kier alpha value is -2.81. The van der Waals surface area contributed by atoms with Gasteiger partial charge in [0.2, 0.25) is 0 Å². The smallest absolute Gasteiger partial charge is 0.336 e. The summed E-state index contributed by atoms with van der Waals surface area (Å²) in [5.41, 5.74) is 2.16. The highest BCUT2D eigenvalue weighted by molar-refractivity contribution is 5.84. The van der Waals surface area contributed by atoms with E-state index in [2.05, 4.69) is 6.92 Å². The number of carbonyl (C=O) groups excluding carboxylic acids is 1. The lowest BCUT2D eigenvalue weighted by molar-refractivity contribution is -0.128. The van der Waals surface area contributed by atoms with E-state index in [1.54, 1.807) is 24.3 Å². The first-order valence-electron chi connectivity index (χ1n) is 9.07. The second-order valence-corrected chi connectivity index (χ2v) is 5.91. The van der Waals surface area contributed by atoms with E-state index < -0.39 is 0 Å². The van der Waals surface area contributed by atoms with Crippen LogP contribution in [0.2, 0.25) is 0 Å². The molecular formula is C23H26O3. The molecule has 0 aliphatic carbocycles. The third-order valence-corrected chi connectivity index (χ3v) is 3.81. The Kier molecular flexibility index (Phi) is 8.20. The van der Waals surface area contributed by atoms with Crippen molar-refractivity contribution in [1.29, 1.82) is 0 Å². The lowest BCUT2D eigenvalue weighted by Gasteiger charge is -2.08. The number of unbranched alkanes of at least 4 members (excludes halogenated alkanes) is 2. The molecule has 2 aromatic carbocycles. The Morgan fingerprint density at radius 1 is 0.885 bits per heavy atom. The van der Waals surface area contributed by atoms with Crippen molar-refractivity contribution in [2.45, 2.75) is 33.1 Å². The summed E-state index contributed by atoms with van der Waals surface area (Å²) in [4.78, 5) is 11.7. The molecule has 0 saturated heterocycles. The van der Waals surface area contributed by atoms with Crippen molar-refractivity contribution < 1.29 is 14.3 Å². The summed E-state index contributed by atoms with van der Waals surface area (Å²) < 4.78 is 11.0. The molecule has 0 aliphatic rings. The predicted octanol–water partition coefficient (Wildman–Crippen LogP) is 5.96. The molecule has 0 bridgehead atoms. The van der Waals surface area contributed by atoms with E-state index in [9.17, 15) is 4.79 Å². The summed E-state index contributed by atoms with van der Waals surface area (Å²) in [6, 6.07) is 15.5. The summed E-state index contributed by atoms with van der Waals surface area (Å²) in [7, 11) is 0. The second-order valence-electron chi connectivity index (χ2n) is 5.91. The van der Waals surface area contributed by atoms with Gasteiger partial charge in [-0.3, -0.25) is 0 Å². The van der Waals surface area contributed by atoms with Gasteiger partial charge in [0, 0.05) is 6.08 Å². The minimum absolute atomic E-state index is 0.388. The number of esters is 1. The SMILES string of the molecule is CC=CC=CC(=O)Oc1ccc(-c2ccc(OCCCCC)cc2)cc1. The minimum atomic E-state index is -0.388. The van der Waals surface area contributed by atoms with E-state index in [1.165, 1.54) is 18.9 Å². The van der Waals surface area contributed by atoms with Crippen LogP contribution in [0.1, 0.15) is 33.1 Å². The number of hydrogen-bond donors (Lipinski definition) is 0. The van der Waals surface area contributed by atoms with Crippen LogP contribution in [0.15, 0.2) is 72.8 Å². The number of allylic oxidation sites excluding steroid dienone is 3. The quantitative estimate of drug-likeness (QED) is 0.184. The highest BCUT2D eigenvalue weighted by Crippen LogP contribution is 2.25. The maximum atomic E-state index is 11.7. The third kappa shape index (κ3) is 6.60. The normalized spacial score (nSPS) is 11.2. The number of benzene rings is 2. The first-order valence-corrected chi connectivity index (χ1v) is 9.07. The van der Waals surface area contributed by atoms with Crippen molar-refractivity contribution in [3.05, 3.63) is 72.8 Å². The zero-order valence-electron chi connectivity index (χ0n) is 15.5. The van der Waals surface area contributed by atoms with Crippen molar-refractivity contribution >= 4 is 5.97 Å². The minimum Gasteiger partial charge on any atom is -0.494 e. The second kappa shape index (κ2) is 10.9. The Bertz CT molecular complexity index is 725. The van der Waals surface area contributed by atoms with Crippen molar-refractivity contribution in [2.75, 3.05) is 6.61 Å². The van der Waals surface area contributed by atoms with Crippen molar-refractivity contribution in [3.63, 3.8) is 0 Å². The van der Waals surface area contributed by atoms with Crippen LogP contribution in [0.25, 0.3) is 11.1 Å². The summed E-state index contributed by atoms with van der Waals surface area (Å²) in [5, 5.41) is 0. The topological polar surface area (TPSA) is 35.5 Å². The van der Waals surface area contributed by atoms with Crippen LogP contribution in [0.4, 0.5) is 0 Å². The van der Waals surface area contributed by atoms with Crippen LogP contribution in [0.5, 0.6) is 11.5 Å². The Labute approximate surface area is 156 Å². The highest BCUT2D eigenvalue weighted by Gasteiger charge is 2.03. The Morgan fingerprint density at radius 2 is 1.50 bits per heavy atom. The van der Waals surface area contributed by atoms with Gasteiger partial charge < -0.3 is 9.47 Å². The van der Waals surface area contributed by atoms with Gasteiger partial charge in [0.1, 0.15) is 11.5 Å². The van der Waals surface area contributed by atoms with E-state index in [0.29, 0.717) is 5.75 Å².